The maximum atomic E-state index is 5.69. The predicted molar refractivity (Wildman–Crippen MR) is 112 cm³/mol. The van der Waals surface area contributed by atoms with Crippen LogP contribution in [0.3, 0.4) is 0 Å². The largest absolute Gasteiger partial charge is 0.490 e. The lowest BCUT2D eigenvalue weighted by atomic mass is 10.1. The Labute approximate surface area is 163 Å². The Morgan fingerprint density at radius 1 is 1.12 bits per heavy atom. The third-order valence-electron chi connectivity index (χ3n) is 3.47. The molecule has 0 aliphatic rings. The number of ether oxygens (including phenoxy) is 2. The van der Waals surface area contributed by atoms with Gasteiger partial charge in [0.2, 0.25) is 0 Å². The van der Waals surface area contributed by atoms with E-state index in [0.29, 0.717) is 13.2 Å². The minimum Gasteiger partial charge on any atom is -0.490 e. The summed E-state index contributed by atoms with van der Waals surface area (Å²) in [7, 11) is 1.79. The van der Waals surface area contributed by atoms with Gasteiger partial charge >= 0.3 is 0 Å². The molecule has 0 saturated carbocycles. The smallest absolute Gasteiger partial charge is 0.191 e. The Bertz CT molecular complexity index is 495. The maximum absolute atomic E-state index is 5.69. The molecule has 5 nitrogen and oxygen atoms in total. The molecule has 2 N–H and O–H groups in total. The molecule has 1 unspecified atom stereocenters. The van der Waals surface area contributed by atoms with Crippen LogP contribution in [-0.2, 0) is 0 Å². The first kappa shape index (κ1) is 22.8. The molecule has 6 heteroatoms. The van der Waals surface area contributed by atoms with Crippen LogP contribution in [0, 0.1) is 0 Å². The Morgan fingerprint density at radius 2 is 1.79 bits per heavy atom. The van der Waals surface area contributed by atoms with Crippen molar-refractivity contribution in [3.8, 4) is 11.5 Å². The zero-order valence-electron chi connectivity index (χ0n) is 15.5. The summed E-state index contributed by atoms with van der Waals surface area (Å²) >= 11 is 0. The van der Waals surface area contributed by atoms with Crippen molar-refractivity contribution in [2.24, 2.45) is 4.99 Å². The topological polar surface area (TPSA) is 54.9 Å². The molecule has 0 aliphatic heterocycles. The van der Waals surface area contributed by atoms with Crippen LogP contribution in [0.5, 0.6) is 11.5 Å². The van der Waals surface area contributed by atoms with Crippen LogP contribution < -0.4 is 20.1 Å². The molecule has 0 amide bonds. The van der Waals surface area contributed by atoms with Crippen molar-refractivity contribution < 1.29 is 9.47 Å². The van der Waals surface area contributed by atoms with E-state index < -0.39 is 0 Å². The second-order valence-corrected chi connectivity index (χ2v) is 5.29. The third kappa shape index (κ3) is 7.59. The molecule has 0 fully saturated rings. The molecule has 1 aromatic carbocycles. The Kier molecular flexibility index (Phi) is 12.5. The molecule has 0 heterocycles. The molecule has 24 heavy (non-hydrogen) atoms. The number of nitrogens with zero attached hydrogens (tertiary/aromatic N) is 1. The van der Waals surface area contributed by atoms with Crippen molar-refractivity contribution in [2.45, 2.75) is 46.6 Å². The van der Waals surface area contributed by atoms with Crippen LogP contribution in [0.15, 0.2) is 23.2 Å². The fourth-order valence-electron chi connectivity index (χ4n) is 2.20. The quantitative estimate of drug-likeness (QED) is 0.258. The predicted octanol–water partition coefficient (Wildman–Crippen LogP) is 4.13. The van der Waals surface area contributed by atoms with E-state index in [2.05, 4.69) is 35.5 Å². The number of nitrogens with one attached hydrogen (secondary N) is 2. The van der Waals surface area contributed by atoms with E-state index >= 15 is 0 Å². The summed E-state index contributed by atoms with van der Waals surface area (Å²) in [6.45, 7) is 10.4. The van der Waals surface area contributed by atoms with Gasteiger partial charge in [0.15, 0.2) is 17.5 Å². The van der Waals surface area contributed by atoms with Crippen LogP contribution >= 0.6 is 24.0 Å². The molecular weight excluding hydrogens is 417 g/mol. The molecule has 1 aromatic rings. The van der Waals surface area contributed by atoms with Crippen LogP contribution in [0.1, 0.15) is 52.1 Å². The highest BCUT2D eigenvalue weighted by Crippen LogP contribution is 2.30. The van der Waals surface area contributed by atoms with Crippen LogP contribution in [0.25, 0.3) is 0 Å². The summed E-state index contributed by atoms with van der Waals surface area (Å²) in [5.41, 5.74) is 1.13. The standard InChI is InChI=1S/C18H31N3O2.HI/c1-6-9-12-20-18(19-5)21-14(4)15-10-11-16(22-7-2)17(13-15)23-8-3;/h10-11,13-14H,6-9,12H2,1-5H3,(H2,19,20,21);1H. The SMILES string of the molecule is CCCCNC(=NC)NC(C)c1ccc(OCC)c(OCC)c1.I. The van der Waals surface area contributed by atoms with Crippen molar-refractivity contribution in [3.05, 3.63) is 23.8 Å². The highest BCUT2D eigenvalue weighted by Gasteiger charge is 2.12. The number of hydrogen-bond donors (Lipinski definition) is 2. The fourth-order valence-corrected chi connectivity index (χ4v) is 2.20. The van der Waals surface area contributed by atoms with Gasteiger partial charge in [0.1, 0.15) is 0 Å². The molecule has 0 saturated heterocycles. The molecule has 138 valence electrons. The molecule has 0 spiro atoms. The number of guanidine groups is 1. The molecule has 0 bridgehead atoms. The van der Waals surface area contributed by atoms with E-state index in [1.165, 1.54) is 0 Å². The van der Waals surface area contributed by atoms with Gasteiger partial charge < -0.3 is 20.1 Å². The van der Waals surface area contributed by atoms with Gasteiger partial charge in [0.25, 0.3) is 0 Å². The summed E-state index contributed by atoms with van der Waals surface area (Å²) < 4.78 is 11.3. The van der Waals surface area contributed by atoms with Crippen molar-refractivity contribution in [2.75, 3.05) is 26.8 Å². The summed E-state index contributed by atoms with van der Waals surface area (Å²) in [5, 5.41) is 6.73. The van der Waals surface area contributed by atoms with E-state index in [0.717, 1.165) is 42.4 Å². The maximum Gasteiger partial charge on any atom is 0.191 e. The minimum absolute atomic E-state index is 0. The van der Waals surface area contributed by atoms with Gasteiger partial charge in [-0.1, -0.05) is 19.4 Å². The monoisotopic (exact) mass is 449 g/mol. The average Bonchev–Trinajstić information content (AvgIpc) is 2.56. The number of rotatable bonds is 9. The van der Waals surface area contributed by atoms with Crippen molar-refractivity contribution in [1.82, 2.24) is 10.6 Å². The van der Waals surface area contributed by atoms with Gasteiger partial charge in [-0.25, -0.2) is 0 Å². The highest BCUT2D eigenvalue weighted by molar-refractivity contribution is 14.0. The van der Waals surface area contributed by atoms with Gasteiger partial charge in [-0.05, 0) is 44.9 Å². The number of hydrogen-bond acceptors (Lipinski definition) is 3. The van der Waals surface area contributed by atoms with Gasteiger partial charge in [0.05, 0.1) is 19.3 Å². The molecule has 1 rings (SSSR count). The van der Waals surface area contributed by atoms with Crippen molar-refractivity contribution in [3.63, 3.8) is 0 Å². The van der Waals surface area contributed by atoms with Gasteiger partial charge in [-0.15, -0.1) is 24.0 Å². The van der Waals surface area contributed by atoms with E-state index in [1.807, 2.05) is 26.0 Å². The summed E-state index contributed by atoms with van der Waals surface area (Å²) in [6, 6.07) is 6.18. The molecule has 0 aromatic heterocycles. The summed E-state index contributed by atoms with van der Waals surface area (Å²) in [4.78, 5) is 4.27. The number of aliphatic imine (C=N–C) groups is 1. The van der Waals surface area contributed by atoms with Crippen LogP contribution in [0.4, 0.5) is 0 Å². The van der Waals surface area contributed by atoms with E-state index in [4.69, 9.17) is 9.47 Å². The van der Waals surface area contributed by atoms with Crippen LogP contribution in [0.2, 0.25) is 0 Å². The third-order valence-corrected chi connectivity index (χ3v) is 3.47. The highest BCUT2D eigenvalue weighted by atomic mass is 127. The average molecular weight is 449 g/mol. The fraction of sp³-hybridized carbons (Fsp3) is 0.611. The zero-order chi connectivity index (χ0) is 17.1. The lowest BCUT2D eigenvalue weighted by molar-refractivity contribution is 0.287. The van der Waals surface area contributed by atoms with E-state index in [-0.39, 0.29) is 30.0 Å². The number of benzene rings is 1. The van der Waals surface area contributed by atoms with Gasteiger partial charge in [0, 0.05) is 13.6 Å². The Hall–Kier alpha value is -1.18. The summed E-state index contributed by atoms with van der Waals surface area (Å²) in [5.74, 6) is 2.39. The molecule has 0 aliphatic carbocycles. The Balaban J connectivity index is 0.00000529. The van der Waals surface area contributed by atoms with Crippen molar-refractivity contribution in [1.29, 1.82) is 0 Å². The van der Waals surface area contributed by atoms with Crippen molar-refractivity contribution >= 4 is 29.9 Å². The van der Waals surface area contributed by atoms with Gasteiger partial charge in [-0.3, -0.25) is 4.99 Å². The molecular formula is C18H32IN3O2. The normalized spacial score (nSPS) is 12.1. The number of unbranched alkanes of at least 4 members (excludes halogenated alkanes) is 1. The molecule has 0 radical (unpaired) electrons. The lowest BCUT2D eigenvalue weighted by Crippen LogP contribution is -2.39. The van der Waals surface area contributed by atoms with Gasteiger partial charge in [-0.2, -0.15) is 0 Å². The summed E-state index contributed by atoms with van der Waals surface area (Å²) in [6.07, 6.45) is 2.29. The zero-order valence-corrected chi connectivity index (χ0v) is 17.8. The number of halogens is 1. The second-order valence-electron chi connectivity index (χ2n) is 5.29. The minimum atomic E-state index is 0. The Morgan fingerprint density at radius 3 is 2.38 bits per heavy atom. The first-order valence-electron chi connectivity index (χ1n) is 8.52. The van der Waals surface area contributed by atoms with E-state index in [9.17, 15) is 0 Å². The first-order chi connectivity index (χ1) is 11.2. The lowest BCUT2D eigenvalue weighted by Gasteiger charge is -2.20. The second kappa shape index (κ2) is 13.1. The first-order valence-corrected chi connectivity index (χ1v) is 8.52. The van der Waals surface area contributed by atoms with Crippen LogP contribution in [-0.4, -0.2) is 32.8 Å². The molecule has 1 atom stereocenters. The van der Waals surface area contributed by atoms with E-state index in [1.54, 1.807) is 7.05 Å².